The highest BCUT2D eigenvalue weighted by molar-refractivity contribution is 7.99. The number of anilines is 2. The number of hydrogen-bond donors (Lipinski definition) is 2. The van der Waals surface area contributed by atoms with Crippen LogP contribution in [0, 0.1) is 0 Å². The number of hydrogen-bond acceptors (Lipinski definition) is 9. The molecule has 0 radical (unpaired) electrons. The van der Waals surface area contributed by atoms with Gasteiger partial charge in [-0.15, -0.1) is 0 Å². The number of aromatic nitrogens is 3. The first kappa shape index (κ1) is 18.6. The molecule has 26 heavy (non-hydrogen) atoms. The highest BCUT2D eigenvalue weighted by Crippen LogP contribution is 2.16. The number of rotatable bonds is 5. The molecule has 2 aliphatic rings. The van der Waals surface area contributed by atoms with Gasteiger partial charge in [-0.1, -0.05) is 11.8 Å². The highest BCUT2D eigenvalue weighted by Gasteiger charge is 2.25. The van der Waals surface area contributed by atoms with E-state index in [1.807, 2.05) is 4.90 Å². The van der Waals surface area contributed by atoms with E-state index < -0.39 is 0 Å². The van der Waals surface area contributed by atoms with Gasteiger partial charge in [-0.05, 0) is 12.8 Å². The average molecular weight is 380 g/mol. The predicted octanol–water partition coefficient (Wildman–Crippen LogP) is -1.11. The average Bonchev–Trinajstić information content (AvgIpc) is 3.14. The van der Waals surface area contributed by atoms with Crippen molar-refractivity contribution in [2.45, 2.75) is 18.0 Å². The fourth-order valence-corrected chi connectivity index (χ4v) is 3.83. The minimum Gasteiger partial charge on any atom is -0.368 e. The van der Waals surface area contributed by atoms with Crippen LogP contribution < -0.4 is 11.5 Å². The van der Waals surface area contributed by atoms with E-state index in [2.05, 4.69) is 19.9 Å². The van der Waals surface area contributed by atoms with Gasteiger partial charge in [0.15, 0.2) is 5.16 Å². The molecule has 3 rings (SSSR count). The normalized spacial score (nSPS) is 18.3. The zero-order chi connectivity index (χ0) is 18.5. The maximum atomic E-state index is 12.4. The number of carbonyl (C=O) groups is 2. The molecule has 1 aromatic heterocycles. The summed E-state index contributed by atoms with van der Waals surface area (Å²) in [5.41, 5.74) is 11.0. The van der Waals surface area contributed by atoms with Gasteiger partial charge in [0, 0.05) is 39.3 Å². The summed E-state index contributed by atoms with van der Waals surface area (Å²) in [5, 5.41) is 0.346. The Hall–Kier alpha value is -2.14. The summed E-state index contributed by atoms with van der Waals surface area (Å²) in [5.74, 6) is 0.517. The Kier molecular flexibility index (Phi) is 6.09. The molecule has 0 bridgehead atoms. The van der Waals surface area contributed by atoms with Crippen LogP contribution in [0.15, 0.2) is 5.16 Å². The number of piperazine rings is 1. The Labute approximate surface area is 156 Å². The third kappa shape index (κ3) is 4.94. The van der Waals surface area contributed by atoms with Crippen molar-refractivity contribution in [2.75, 3.05) is 63.0 Å². The van der Waals surface area contributed by atoms with E-state index in [-0.39, 0.29) is 29.5 Å². The number of nitrogens with zero attached hydrogens (tertiary/aromatic N) is 6. The molecule has 0 saturated carbocycles. The lowest BCUT2D eigenvalue weighted by atomic mass is 10.3. The monoisotopic (exact) mass is 380 g/mol. The summed E-state index contributed by atoms with van der Waals surface area (Å²) in [7, 11) is 0. The molecule has 2 fully saturated rings. The van der Waals surface area contributed by atoms with Crippen LogP contribution in [0.3, 0.4) is 0 Å². The molecule has 2 amide bonds. The van der Waals surface area contributed by atoms with Gasteiger partial charge in [0.2, 0.25) is 23.7 Å². The fraction of sp³-hybridized carbons (Fsp3) is 0.667. The molecule has 4 N–H and O–H groups in total. The summed E-state index contributed by atoms with van der Waals surface area (Å²) in [6.45, 7) is 4.85. The van der Waals surface area contributed by atoms with Crippen LogP contribution in [0.5, 0.6) is 0 Å². The molecule has 0 aliphatic carbocycles. The lowest BCUT2D eigenvalue weighted by Crippen LogP contribution is -2.51. The van der Waals surface area contributed by atoms with Crippen LogP contribution in [-0.4, -0.2) is 93.0 Å². The minimum absolute atomic E-state index is 0.0121. The van der Waals surface area contributed by atoms with E-state index in [1.165, 1.54) is 11.8 Å². The van der Waals surface area contributed by atoms with Crippen molar-refractivity contribution in [3.8, 4) is 0 Å². The molecule has 10 nitrogen and oxygen atoms in total. The molecule has 2 saturated heterocycles. The Morgan fingerprint density at radius 3 is 2.04 bits per heavy atom. The van der Waals surface area contributed by atoms with E-state index in [0.29, 0.717) is 37.9 Å². The second-order valence-corrected chi connectivity index (χ2v) is 7.31. The van der Waals surface area contributed by atoms with Crippen molar-refractivity contribution in [2.24, 2.45) is 0 Å². The van der Waals surface area contributed by atoms with E-state index in [1.54, 1.807) is 4.90 Å². The third-order valence-corrected chi connectivity index (χ3v) is 5.35. The van der Waals surface area contributed by atoms with E-state index in [0.717, 1.165) is 25.9 Å². The molecule has 0 unspecified atom stereocenters. The topological polar surface area (TPSA) is 135 Å². The van der Waals surface area contributed by atoms with Crippen molar-refractivity contribution in [1.82, 2.24) is 29.7 Å². The quantitative estimate of drug-likeness (QED) is 0.610. The number of nitrogen functional groups attached to an aromatic ring is 2. The first-order chi connectivity index (χ1) is 12.5. The van der Waals surface area contributed by atoms with Crippen LogP contribution in [-0.2, 0) is 9.59 Å². The number of thioether (sulfide) groups is 1. The zero-order valence-electron chi connectivity index (χ0n) is 14.6. The standard InChI is InChI=1S/C15H24N8O2S/c16-13-18-14(17)20-15(19-13)26-10-12(25)23-7-5-21(6-8-23)9-11(24)22-3-1-2-4-22/h1-10H2,(H4,16,17,18,19,20). The molecule has 0 spiro atoms. The summed E-state index contributed by atoms with van der Waals surface area (Å²) in [6.07, 6.45) is 2.20. The Morgan fingerprint density at radius 2 is 1.42 bits per heavy atom. The minimum atomic E-state index is 0.0121. The van der Waals surface area contributed by atoms with Gasteiger partial charge >= 0.3 is 0 Å². The van der Waals surface area contributed by atoms with Gasteiger partial charge in [0.05, 0.1) is 12.3 Å². The Morgan fingerprint density at radius 1 is 0.846 bits per heavy atom. The number of carbonyl (C=O) groups excluding carboxylic acids is 2. The van der Waals surface area contributed by atoms with Crippen LogP contribution in [0.2, 0.25) is 0 Å². The van der Waals surface area contributed by atoms with Crippen LogP contribution in [0.25, 0.3) is 0 Å². The molecule has 2 aliphatic heterocycles. The molecule has 0 aromatic carbocycles. The van der Waals surface area contributed by atoms with Gasteiger partial charge in [-0.3, -0.25) is 14.5 Å². The second kappa shape index (κ2) is 8.49. The van der Waals surface area contributed by atoms with Crippen LogP contribution in [0.1, 0.15) is 12.8 Å². The van der Waals surface area contributed by atoms with Crippen LogP contribution >= 0.6 is 11.8 Å². The maximum Gasteiger partial charge on any atom is 0.236 e. The molecule has 1 aromatic rings. The summed E-state index contributed by atoms with van der Waals surface area (Å²) in [6, 6.07) is 0. The molecule has 11 heteroatoms. The number of amides is 2. The SMILES string of the molecule is Nc1nc(N)nc(SCC(=O)N2CCN(CC(=O)N3CCCC3)CC2)n1. The first-order valence-electron chi connectivity index (χ1n) is 8.69. The lowest BCUT2D eigenvalue weighted by Gasteiger charge is -2.35. The van der Waals surface area contributed by atoms with E-state index in [4.69, 9.17) is 11.5 Å². The highest BCUT2D eigenvalue weighted by atomic mass is 32.2. The van der Waals surface area contributed by atoms with Crippen molar-refractivity contribution in [1.29, 1.82) is 0 Å². The molecule has 142 valence electrons. The summed E-state index contributed by atoms with van der Waals surface area (Å²) in [4.78, 5) is 42.0. The Balaban J connectivity index is 1.41. The second-order valence-electron chi connectivity index (χ2n) is 6.37. The first-order valence-corrected chi connectivity index (χ1v) is 9.67. The number of nitrogens with two attached hydrogens (primary N) is 2. The summed E-state index contributed by atoms with van der Waals surface area (Å²) < 4.78 is 0. The largest absolute Gasteiger partial charge is 0.368 e. The van der Waals surface area contributed by atoms with Gasteiger partial charge in [-0.25, -0.2) is 0 Å². The van der Waals surface area contributed by atoms with Gasteiger partial charge in [-0.2, -0.15) is 15.0 Å². The third-order valence-electron chi connectivity index (χ3n) is 4.52. The van der Waals surface area contributed by atoms with Gasteiger partial charge < -0.3 is 21.3 Å². The molecule has 3 heterocycles. The fourth-order valence-electron chi connectivity index (χ4n) is 3.08. The molecule has 0 atom stereocenters. The lowest BCUT2D eigenvalue weighted by molar-refractivity contribution is -0.133. The van der Waals surface area contributed by atoms with Gasteiger partial charge in [0.25, 0.3) is 0 Å². The smallest absolute Gasteiger partial charge is 0.236 e. The van der Waals surface area contributed by atoms with Gasteiger partial charge in [0.1, 0.15) is 0 Å². The summed E-state index contributed by atoms with van der Waals surface area (Å²) >= 11 is 1.19. The predicted molar refractivity (Wildman–Crippen MR) is 98.2 cm³/mol. The van der Waals surface area contributed by atoms with Crippen molar-refractivity contribution in [3.63, 3.8) is 0 Å². The Bertz CT molecular complexity index is 639. The zero-order valence-corrected chi connectivity index (χ0v) is 15.5. The van der Waals surface area contributed by atoms with Crippen molar-refractivity contribution < 1.29 is 9.59 Å². The van der Waals surface area contributed by atoms with Crippen LogP contribution in [0.4, 0.5) is 11.9 Å². The number of likely N-dealkylation sites (tertiary alicyclic amines) is 1. The van der Waals surface area contributed by atoms with E-state index in [9.17, 15) is 9.59 Å². The van der Waals surface area contributed by atoms with Crippen molar-refractivity contribution >= 4 is 35.5 Å². The molecular formula is C15H24N8O2S. The molecular weight excluding hydrogens is 356 g/mol. The maximum absolute atomic E-state index is 12.4. The van der Waals surface area contributed by atoms with E-state index >= 15 is 0 Å². The van der Waals surface area contributed by atoms with Crippen molar-refractivity contribution in [3.05, 3.63) is 0 Å².